The molecule has 26 heavy (non-hydrogen) atoms. The summed E-state index contributed by atoms with van der Waals surface area (Å²) in [6.45, 7) is 6.54. The van der Waals surface area contributed by atoms with Gasteiger partial charge in [-0.25, -0.2) is 0 Å². The summed E-state index contributed by atoms with van der Waals surface area (Å²) >= 11 is 0. The second-order valence-corrected chi connectivity index (χ2v) is 8.53. The molecular weight excluding hydrogens is 316 g/mol. The topological polar surface area (TPSA) is 17.1 Å². The largest absolute Gasteiger partial charge is 0.289 e. The number of ketones is 1. The third kappa shape index (κ3) is 4.72. The van der Waals surface area contributed by atoms with E-state index >= 15 is 0 Å². The summed E-state index contributed by atoms with van der Waals surface area (Å²) < 4.78 is 0. The zero-order chi connectivity index (χ0) is 18.6. The lowest BCUT2D eigenvalue weighted by Gasteiger charge is -2.21. The Hall–Kier alpha value is -2.15. The van der Waals surface area contributed by atoms with Crippen LogP contribution in [-0.2, 0) is 5.41 Å². The van der Waals surface area contributed by atoms with Gasteiger partial charge in [-0.15, -0.1) is 0 Å². The van der Waals surface area contributed by atoms with Crippen LogP contribution in [0.2, 0.25) is 0 Å². The molecule has 1 aliphatic rings. The number of carbonyl (C=O) groups excluding carboxylic acids is 1. The zero-order valence-electron chi connectivity index (χ0n) is 16.3. The molecule has 0 unspecified atom stereocenters. The first-order valence-corrected chi connectivity index (χ1v) is 9.86. The maximum absolute atomic E-state index is 12.4. The average molecular weight is 347 g/mol. The maximum atomic E-state index is 12.4. The molecular formula is C25H30O. The Labute approximate surface area is 158 Å². The molecule has 0 N–H and O–H groups in total. The Bertz CT molecular complexity index is 751. The van der Waals surface area contributed by atoms with Gasteiger partial charge in [-0.05, 0) is 46.9 Å². The van der Waals surface area contributed by atoms with Crippen LogP contribution in [0.15, 0.2) is 54.6 Å². The standard InChI is InChI=1S/C25H30O/c1-25(2,3)23-16-14-22(15-17-23)24(26)18-11-19-9-12-21(13-10-19)20-7-5-4-6-8-20/h9-18,20H,4-8H2,1-3H3/b18-11-. The van der Waals surface area contributed by atoms with E-state index in [2.05, 4.69) is 57.2 Å². The molecule has 1 nitrogen and oxygen atoms in total. The molecule has 1 heteroatoms. The Balaban J connectivity index is 1.64. The van der Waals surface area contributed by atoms with Gasteiger partial charge < -0.3 is 0 Å². The van der Waals surface area contributed by atoms with Crippen LogP contribution in [0.25, 0.3) is 6.08 Å². The Kier molecular flexibility index (Phi) is 5.76. The Morgan fingerprint density at radius 1 is 0.885 bits per heavy atom. The minimum Gasteiger partial charge on any atom is -0.289 e. The second kappa shape index (κ2) is 8.03. The number of benzene rings is 2. The van der Waals surface area contributed by atoms with Crippen molar-refractivity contribution in [2.75, 3.05) is 0 Å². The molecule has 1 saturated carbocycles. The smallest absolute Gasteiger partial charge is 0.185 e. The molecule has 3 rings (SSSR count). The highest BCUT2D eigenvalue weighted by Crippen LogP contribution is 2.32. The van der Waals surface area contributed by atoms with Crippen molar-refractivity contribution in [2.24, 2.45) is 0 Å². The van der Waals surface area contributed by atoms with Crippen molar-refractivity contribution in [3.63, 3.8) is 0 Å². The zero-order valence-corrected chi connectivity index (χ0v) is 16.3. The van der Waals surface area contributed by atoms with E-state index in [-0.39, 0.29) is 11.2 Å². The Morgan fingerprint density at radius 3 is 2.08 bits per heavy atom. The molecule has 2 aromatic rings. The summed E-state index contributed by atoms with van der Waals surface area (Å²) in [5, 5.41) is 0. The number of rotatable bonds is 4. The molecule has 0 aliphatic heterocycles. The van der Waals surface area contributed by atoms with Crippen LogP contribution < -0.4 is 0 Å². The van der Waals surface area contributed by atoms with Crippen LogP contribution in [0, 0.1) is 0 Å². The average Bonchev–Trinajstić information content (AvgIpc) is 2.66. The van der Waals surface area contributed by atoms with Crippen LogP contribution in [-0.4, -0.2) is 5.78 Å². The number of hydrogen-bond acceptors (Lipinski definition) is 1. The molecule has 0 aromatic heterocycles. The molecule has 2 aromatic carbocycles. The number of hydrogen-bond donors (Lipinski definition) is 0. The van der Waals surface area contributed by atoms with E-state index in [0.29, 0.717) is 0 Å². The van der Waals surface area contributed by atoms with E-state index in [1.54, 1.807) is 6.08 Å². The van der Waals surface area contributed by atoms with Gasteiger partial charge in [-0.3, -0.25) is 4.79 Å². The fourth-order valence-electron chi connectivity index (χ4n) is 3.72. The summed E-state index contributed by atoms with van der Waals surface area (Å²) in [5.74, 6) is 0.784. The van der Waals surface area contributed by atoms with Crippen molar-refractivity contribution in [1.29, 1.82) is 0 Å². The molecule has 0 atom stereocenters. The van der Waals surface area contributed by atoms with Crippen LogP contribution in [0.3, 0.4) is 0 Å². The molecule has 0 bridgehead atoms. The SMILES string of the molecule is CC(C)(C)c1ccc(C(=O)/C=C\c2ccc(C3CCCCC3)cc2)cc1. The molecule has 0 spiro atoms. The van der Waals surface area contributed by atoms with Gasteiger partial charge in [-0.2, -0.15) is 0 Å². The third-order valence-corrected chi connectivity index (χ3v) is 5.48. The van der Waals surface area contributed by atoms with Crippen molar-refractivity contribution < 1.29 is 4.79 Å². The summed E-state index contributed by atoms with van der Waals surface area (Å²) in [6, 6.07) is 16.7. The molecule has 136 valence electrons. The Morgan fingerprint density at radius 2 is 1.50 bits per heavy atom. The number of carbonyl (C=O) groups is 1. The summed E-state index contributed by atoms with van der Waals surface area (Å²) in [5.41, 5.74) is 4.64. The predicted octanol–water partition coefficient (Wildman–Crippen LogP) is 6.93. The molecule has 1 aliphatic carbocycles. The van der Waals surface area contributed by atoms with Crippen molar-refractivity contribution >= 4 is 11.9 Å². The first-order valence-electron chi connectivity index (χ1n) is 9.86. The highest BCUT2D eigenvalue weighted by atomic mass is 16.1. The van der Waals surface area contributed by atoms with Crippen LogP contribution in [0.1, 0.15) is 85.8 Å². The first-order chi connectivity index (χ1) is 12.4. The summed E-state index contributed by atoms with van der Waals surface area (Å²) in [4.78, 5) is 12.4. The van der Waals surface area contributed by atoms with E-state index in [1.807, 2.05) is 18.2 Å². The highest BCUT2D eigenvalue weighted by Gasteiger charge is 2.15. The monoisotopic (exact) mass is 346 g/mol. The van der Waals surface area contributed by atoms with Gasteiger partial charge in [0, 0.05) is 5.56 Å². The van der Waals surface area contributed by atoms with Crippen LogP contribution in [0.5, 0.6) is 0 Å². The van der Waals surface area contributed by atoms with Gasteiger partial charge in [0.05, 0.1) is 0 Å². The molecule has 1 fully saturated rings. The van der Waals surface area contributed by atoms with Gasteiger partial charge in [0.2, 0.25) is 0 Å². The van der Waals surface area contributed by atoms with Gasteiger partial charge in [0.1, 0.15) is 0 Å². The van der Waals surface area contributed by atoms with E-state index in [9.17, 15) is 4.79 Å². The summed E-state index contributed by atoms with van der Waals surface area (Å²) in [6.07, 6.45) is 10.3. The summed E-state index contributed by atoms with van der Waals surface area (Å²) in [7, 11) is 0. The van der Waals surface area contributed by atoms with E-state index in [4.69, 9.17) is 0 Å². The van der Waals surface area contributed by atoms with E-state index in [1.165, 1.54) is 43.2 Å². The second-order valence-electron chi connectivity index (χ2n) is 8.53. The maximum Gasteiger partial charge on any atom is 0.185 e. The van der Waals surface area contributed by atoms with Gasteiger partial charge in [-0.1, -0.05) is 94.6 Å². The van der Waals surface area contributed by atoms with Crippen molar-refractivity contribution in [3.8, 4) is 0 Å². The quantitative estimate of drug-likeness (QED) is 0.433. The molecule has 0 heterocycles. The van der Waals surface area contributed by atoms with Crippen molar-refractivity contribution in [3.05, 3.63) is 76.9 Å². The lowest BCUT2D eigenvalue weighted by molar-refractivity contribution is 0.104. The van der Waals surface area contributed by atoms with Crippen LogP contribution in [0.4, 0.5) is 0 Å². The van der Waals surface area contributed by atoms with E-state index in [0.717, 1.165) is 17.0 Å². The third-order valence-electron chi connectivity index (χ3n) is 5.48. The fraction of sp³-hybridized carbons (Fsp3) is 0.400. The minimum atomic E-state index is 0.0572. The van der Waals surface area contributed by atoms with Gasteiger partial charge in [0.25, 0.3) is 0 Å². The lowest BCUT2D eigenvalue weighted by Crippen LogP contribution is -2.11. The van der Waals surface area contributed by atoms with Gasteiger partial charge in [0.15, 0.2) is 5.78 Å². The lowest BCUT2D eigenvalue weighted by atomic mass is 9.84. The first kappa shape index (κ1) is 18.6. The van der Waals surface area contributed by atoms with Crippen molar-refractivity contribution in [2.45, 2.75) is 64.2 Å². The van der Waals surface area contributed by atoms with Crippen LogP contribution >= 0.6 is 0 Å². The highest BCUT2D eigenvalue weighted by molar-refractivity contribution is 6.06. The molecule has 0 saturated heterocycles. The molecule has 0 radical (unpaired) electrons. The van der Waals surface area contributed by atoms with Gasteiger partial charge >= 0.3 is 0 Å². The van der Waals surface area contributed by atoms with E-state index < -0.39 is 0 Å². The normalized spacial score (nSPS) is 16.1. The fourth-order valence-corrected chi connectivity index (χ4v) is 3.72. The number of allylic oxidation sites excluding steroid dienone is 1. The van der Waals surface area contributed by atoms with Crippen molar-refractivity contribution in [1.82, 2.24) is 0 Å². The minimum absolute atomic E-state index is 0.0572. The molecule has 0 amide bonds. The predicted molar refractivity (Wildman–Crippen MR) is 111 cm³/mol.